The fraction of sp³-hybridized carbons (Fsp3) is 0. The fourth-order valence-corrected chi connectivity index (χ4v) is 0. The third kappa shape index (κ3) is 498. The van der Waals surface area contributed by atoms with E-state index in [4.69, 9.17) is 19.2 Å². The van der Waals surface area contributed by atoms with E-state index in [0.717, 1.165) is 0 Å². The van der Waals surface area contributed by atoms with E-state index < -0.39 is 7.82 Å². The Morgan fingerprint density at radius 3 is 1.00 bits per heavy atom. The fourth-order valence-electron chi connectivity index (χ4n) is 0. The minimum Gasteiger partial charge on any atom is -0.412 e. The molecule has 0 aromatic heterocycles. The number of phosphoric acid groups is 1. The first kappa shape index (κ1) is 23.4. The molecule has 8 heavy (non-hydrogen) atoms. The average molecular weight is 199 g/mol. The van der Waals surface area contributed by atoms with E-state index >= 15 is 0 Å². The first-order chi connectivity index (χ1) is 2.00. The van der Waals surface area contributed by atoms with Crippen molar-refractivity contribution in [2.75, 3.05) is 0 Å². The average Bonchev–Trinajstić information content (AvgIpc) is 0.722. The molecule has 0 amide bonds. The molecule has 6 nitrogen and oxygen atoms in total. The van der Waals surface area contributed by atoms with Crippen molar-refractivity contribution in [3.63, 3.8) is 0 Å². The van der Waals surface area contributed by atoms with Gasteiger partial charge in [-0.3, -0.25) is 0 Å². The van der Waals surface area contributed by atoms with Gasteiger partial charge in [-0.25, -0.2) is 4.57 Å². The first-order valence-corrected chi connectivity index (χ1v) is 2.35. The molecule has 0 aliphatic heterocycles. The summed E-state index contributed by atoms with van der Waals surface area (Å²) in [6.07, 6.45) is 0. The van der Waals surface area contributed by atoms with Gasteiger partial charge in [0.25, 0.3) is 0 Å². The van der Waals surface area contributed by atoms with Gasteiger partial charge in [0.2, 0.25) is 0 Å². The number of hydrogen-bond donors (Lipinski definition) is 3. The van der Waals surface area contributed by atoms with E-state index in [0.29, 0.717) is 0 Å². The second-order valence-electron chi connectivity index (χ2n) is 0.513. The van der Waals surface area contributed by atoms with Crippen molar-refractivity contribution in [2.45, 2.75) is 0 Å². The van der Waals surface area contributed by atoms with Gasteiger partial charge < -0.3 is 25.6 Å². The minimum atomic E-state index is -4.64. The third-order valence-corrected chi connectivity index (χ3v) is 0. The van der Waals surface area contributed by atoms with Crippen LogP contribution in [0.15, 0.2) is 0 Å². The Morgan fingerprint density at radius 1 is 1.00 bits per heavy atom. The molecule has 8 heteroatoms. The Labute approximate surface area is 58.2 Å². The molecule has 0 fully saturated rings. The van der Waals surface area contributed by atoms with Crippen molar-refractivity contribution in [3.05, 3.63) is 0 Å². The zero-order valence-corrected chi connectivity index (χ0v) is 7.77. The Kier molecular flexibility index (Phi) is 22.4. The van der Waals surface area contributed by atoms with Crippen molar-refractivity contribution in [1.82, 2.24) is 0 Å². The monoisotopic (exact) mass is 198 g/mol. The second-order valence-corrected chi connectivity index (χ2v) is 1.54. The van der Waals surface area contributed by atoms with Gasteiger partial charge in [-0.05, 0) is 0 Å². The summed E-state index contributed by atoms with van der Waals surface area (Å²) in [6, 6.07) is 0. The molecule has 50 valence electrons. The van der Waals surface area contributed by atoms with Gasteiger partial charge in [0.05, 0.1) is 0 Å². The van der Waals surface area contributed by atoms with E-state index in [2.05, 4.69) is 0 Å². The van der Waals surface area contributed by atoms with Gasteiger partial charge in [0, 0.05) is 19.5 Å². The molecule has 0 rings (SSSR count). The smallest absolute Gasteiger partial charge is 0.412 e. The molecule has 7 N–H and O–H groups in total. The van der Waals surface area contributed by atoms with E-state index in [1.54, 1.807) is 0 Å². The molecule has 0 atom stereocenters. The summed E-state index contributed by atoms with van der Waals surface area (Å²) in [4.78, 5) is 21.6. The molecule has 0 aliphatic rings. The topological polar surface area (TPSA) is 141 Å². The van der Waals surface area contributed by atoms with Gasteiger partial charge in [-0.2, -0.15) is 0 Å². The van der Waals surface area contributed by atoms with Crippen LogP contribution in [0.5, 0.6) is 0 Å². The maximum Gasteiger partial charge on any atom is 0.466 e. The van der Waals surface area contributed by atoms with Gasteiger partial charge in [0.1, 0.15) is 0 Å². The van der Waals surface area contributed by atoms with Gasteiger partial charge in [-0.15, -0.1) is 0 Å². The van der Waals surface area contributed by atoms with Crippen molar-refractivity contribution >= 4 is 7.82 Å². The third-order valence-electron chi connectivity index (χ3n) is 0. The SMILES string of the molecule is O.O.O=P(O)(O)O.[Zn]. The van der Waals surface area contributed by atoms with Gasteiger partial charge in [-0.1, -0.05) is 0 Å². The predicted octanol–water partition coefficient (Wildman–Crippen LogP) is -2.58. The van der Waals surface area contributed by atoms with Crippen LogP contribution in [0.1, 0.15) is 0 Å². The summed E-state index contributed by atoms with van der Waals surface area (Å²) in [7, 11) is -4.64. The molecule has 0 bridgehead atoms. The van der Waals surface area contributed by atoms with Crippen molar-refractivity contribution in [1.29, 1.82) is 0 Å². The van der Waals surface area contributed by atoms with Gasteiger partial charge >= 0.3 is 7.82 Å². The molecular formula is H7O6PZn. The molecule has 0 aliphatic carbocycles. The largest absolute Gasteiger partial charge is 0.466 e. The molecule has 0 radical (unpaired) electrons. The summed E-state index contributed by atoms with van der Waals surface area (Å²) in [5.41, 5.74) is 0. The molecule has 0 aromatic rings. The molecule has 0 unspecified atom stereocenters. The van der Waals surface area contributed by atoms with Crippen molar-refractivity contribution in [3.8, 4) is 0 Å². The standard InChI is InChI=1S/H3O4P.2H2O.Zn/c1-5(2,3)4;;;/h(H3,1,2,3,4);2*1H2;. The molecule has 0 saturated carbocycles. The van der Waals surface area contributed by atoms with E-state index in [9.17, 15) is 0 Å². The summed E-state index contributed by atoms with van der Waals surface area (Å²) >= 11 is 0. The maximum atomic E-state index is 8.88. The summed E-state index contributed by atoms with van der Waals surface area (Å²) in [5.74, 6) is 0. The van der Waals surface area contributed by atoms with E-state index in [1.165, 1.54) is 0 Å². The quantitative estimate of drug-likeness (QED) is 0.291. The van der Waals surface area contributed by atoms with Crippen LogP contribution in [0, 0.1) is 0 Å². The second kappa shape index (κ2) is 7.65. The van der Waals surface area contributed by atoms with Crippen LogP contribution < -0.4 is 0 Å². The minimum absolute atomic E-state index is 0. The molecule has 0 aromatic carbocycles. The van der Waals surface area contributed by atoms with Gasteiger partial charge in [0.15, 0.2) is 0 Å². The number of hydrogen-bond acceptors (Lipinski definition) is 1. The van der Waals surface area contributed by atoms with Crippen LogP contribution in [0.25, 0.3) is 0 Å². The Balaban J connectivity index is -0.0000000267. The Morgan fingerprint density at radius 2 is 1.00 bits per heavy atom. The summed E-state index contributed by atoms with van der Waals surface area (Å²) in [5, 5.41) is 0. The number of rotatable bonds is 0. The Hall–Kier alpha value is 0.653. The summed E-state index contributed by atoms with van der Waals surface area (Å²) < 4.78 is 8.88. The Bertz CT molecular complexity index is 54.7. The van der Waals surface area contributed by atoms with Crippen LogP contribution in [0.3, 0.4) is 0 Å². The summed E-state index contributed by atoms with van der Waals surface area (Å²) in [6.45, 7) is 0. The maximum absolute atomic E-state index is 8.88. The van der Waals surface area contributed by atoms with E-state index in [1.807, 2.05) is 0 Å². The van der Waals surface area contributed by atoms with Crippen molar-refractivity contribution in [2.24, 2.45) is 0 Å². The zero-order chi connectivity index (χ0) is 4.50. The molecule has 0 spiro atoms. The molecule has 0 heterocycles. The van der Waals surface area contributed by atoms with Crippen molar-refractivity contribution < 1.29 is 49.7 Å². The normalized spacial score (nSPS) is 7.38. The molecule has 0 saturated heterocycles. The zero-order valence-electron chi connectivity index (χ0n) is 3.90. The van der Waals surface area contributed by atoms with Crippen LogP contribution in [-0.2, 0) is 24.0 Å². The van der Waals surface area contributed by atoms with Crippen LogP contribution >= 0.6 is 7.82 Å². The predicted molar refractivity (Wildman–Crippen MR) is 21.5 cm³/mol. The van der Waals surface area contributed by atoms with E-state index in [-0.39, 0.29) is 30.4 Å². The molecular weight excluding hydrogens is 192 g/mol. The van der Waals surface area contributed by atoms with Crippen LogP contribution in [0.2, 0.25) is 0 Å². The first-order valence-electron chi connectivity index (χ1n) is 0.783. The van der Waals surface area contributed by atoms with Crippen LogP contribution in [-0.4, -0.2) is 25.6 Å². The van der Waals surface area contributed by atoms with Crippen LogP contribution in [0.4, 0.5) is 0 Å².